The molecule has 0 aliphatic carbocycles. The van der Waals surface area contributed by atoms with Gasteiger partial charge in [-0.15, -0.1) is 0 Å². The highest BCUT2D eigenvalue weighted by Gasteiger charge is 2.28. The van der Waals surface area contributed by atoms with Gasteiger partial charge in [-0.05, 0) is 42.9 Å². The maximum Gasteiger partial charge on any atom is 0.336 e. The third-order valence-electron chi connectivity index (χ3n) is 5.75. The van der Waals surface area contributed by atoms with Gasteiger partial charge in [-0.3, -0.25) is 0 Å². The molecule has 1 rings (SSSR count). The number of aryl methyl sites for hydroxylation is 1. The number of carboxylic acids is 3. The van der Waals surface area contributed by atoms with Crippen LogP contribution in [0.4, 0.5) is 0 Å². The van der Waals surface area contributed by atoms with Crippen LogP contribution in [0.25, 0.3) is 0 Å². The van der Waals surface area contributed by atoms with Gasteiger partial charge in [0.25, 0.3) is 0 Å². The molecule has 0 unspecified atom stereocenters. The van der Waals surface area contributed by atoms with Gasteiger partial charge in [0, 0.05) is 0 Å². The fourth-order valence-corrected chi connectivity index (χ4v) is 4.10. The van der Waals surface area contributed by atoms with Crippen molar-refractivity contribution in [2.45, 2.75) is 104 Å². The first-order valence-corrected chi connectivity index (χ1v) is 11.7. The molecule has 0 heterocycles. The zero-order valence-electron chi connectivity index (χ0n) is 19.0. The molecule has 0 bridgehead atoms. The molecule has 0 aromatic heterocycles. The highest BCUT2D eigenvalue weighted by atomic mass is 16.4. The Bertz CT molecular complexity index is 738. The summed E-state index contributed by atoms with van der Waals surface area (Å²) in [4.78, 5) is 35.8. The molecule has 0 saturated heterocycles. The van der Waals surface area contributed by atoms with Crippen LogP contribution in [0, 0.1) is 0 Å². The Hall–Kier alpha value is -2.37. The van der Waals surface area contributed by atoms with E-state index in [1.807, 2.05) is 0 Å². The first kappa shape index (κ1) is 26.7. The van der Waals surface area contributed by atoms with Crippen LogP contribution in [-0.2, 0) is 12.8 Å². The summed E-state index contributed by atoms with van der Waals surface area (Å²) in [7, 11) is 0. The van der Waals surface area contributed by atoms with Gasteiger partial charge in [-0.1, -0.05) is 78.1 Å². The number of carbonyl (C=O) groups is 3. The average molecular weight is 435 g/mol. The molecular weight excluding hydrogens is 396 g/mol. The molecule has 3 N–H and O–H groups in total. The molecule has 0 fully saturated rings. The Kier molecular flexibility index (Phi) is 12.6. The smallest absolute Gasteiger partial charge is 0.336 e. The van der Waals surface area contributed by atoms with E-state index in [4.69, 9.17) is 0 Å². The number of hydrogen-bond acceptors (Lipinski definition) is 3. The van der Waals surface area contributed by atoms with Gasteiger partial charge < -0.3 is 15.3 Å². The lowest BCUT2D eigenvalue weighted by atomic mass is 9.86. The second-order valence-corrected chi connectivity index (χ2v) is 8.26. The summed E-state index contributed by atoms with van der Waals surface area (Å²) >= 11 is 0. The number of aromatic carboxylic acids is 3. The summed E-state index contributed by atoms with van der Waals surface area (Å²) in [6, 6.07) is 1.27. The summed E-state index contributed by atoms with van der Waals surface area (Å²) in [5.74, 6) is -3.89. The van der Waals surface area contributed by atoms with E-state index in [1.54, 1.807) is 0 Å². The summed E-state index contributed by atoms with van der Waals surface area (Å²) in [6.07, 6.45) is 12.7. The molecule has 1 aromatic carbocycles. The van der Waals surface area contributed by atoms with Gasteiger partial charge in [0.1, 0.15) is 0 Å². The molecule has 0 spiro atoms. The SMILES string of the molecule is CCCCCCCCc1cc(C(=O)O)c(C(=O)O)c(CCCCCCCC)c1C(=O)O. The summed E-state index contributed by atoms with van der Waals surface area (Å²) < 4.78 is 0. The number of carboxylic acid groups (broad SMARTS) is 3. The molecular formula is C25H38O6. The van der Waals surface area contributed by atoms with Crippen molar-refractivity contribution in [3.63, 3.8) is 0 Å². The summed E-state index contributed by atoms with van der Waals surface area (Å²) in [5, 5.41) is 29.2. The van der Waals surface area contributed by atoms with Crippen molar-refractivity contribution in [1.82, 2.24) is 0 Å². The minimum atomic E-state index is -1.38. The Morgan fingerprint density at radius 3 is 1.52 bits per heavy atom. The maximum atomic E-state index is 12.1. The molecule has 6 heteroatoms. The fourth-order valence-electron chi connectivity index (χ4n) is 4.10. The zero-order chi connectivity index (χ0) is 23.2. The monoisotopic (exact) mass is 434 g/mol. The largest absolute Gasteiger partial charge is 0.478 e. The third-order valence-corrected chi connectivity index (χ3v) is 5.75. The highest BCUT2D eigenvalue weighted by molar-refractivity contribution is 6.06. The van der Waals surface area contributed by atoms with Crippen molar-refractivity contribution >= 4 is 17.9 Å². The van der Waals surface area contributed by atoms with E-state index in [2.05, 4.69) is 13.8 Å². The van der Waals surface area contributed by atoms with Crippen molar-refractivity contribution in [2.24, 2.45) is 0 Å². The summed E-state index contributed by atoms with van der Waals surface area (Å²) in [5.41, 5.74) is -0.0862. The van der Waals surface area contributed by atoms with E-state index in [9.17, 15) is 29.7 Å². The second-order valence-electron chi connectivity index (χ2n) is 8.26. The van der Waals surface area contributed by atoms with Gasteiger partial charge in [0.15, 0.2) is 0 Å². The lowest BCUT2D eigenvalue weighted by Gasteiger charge is -2.17. The van der Waals surface area contributed by atoms with Crippen molar-refractivity contribution < 1.29 is 29.7 Å². The van der Waals surface area contributed by atoms with E-state index in [0.29, 0.717) is 18.4 Å². The Morgan fingerprint density at radius 2 is 1.06 bits per heavy atom. The number of benzene rings is 1. The Balaban J connectivity index is 3.18. The molecule has 1 aromatic rings. The van der Waals surface area contributed by atoms with Gasteiger partial charge in [0.05, 0.1) is 16.7 Å². The predicted molar refractivity (Wildman–Crippen MR) is 121 cm³/mol. The van der Waals surface area contributed by atoms with Crippen LogP contribution in [0.15, 0.2) is 6.07 Å². The van der Waals surface area contributed by atoms with Crippen molar-refractivity contribution in [2.75, 3.05) is 0 Å². The van der Waals surface area contributed by atoms with Crippen molar-refractivity contribution in [1.29, 1.82) is 0 Å². The van der Waals surface area contributed by atoms with Gasteiger partial charge in [0.2, 0.25) is 0 Å². The second kappa shape index (κ2) is 14.6. The Labute approximate surface area is 185 Å². The van der Waals surface area contributed by atoms with E-state index in [1.165, 1.54) is 12.5 Å². The van der Waals surface area contributed by atoms with Crippen LogP contribution in [0.1, 0.15) is 133 Å². The molecule has 0 amide bonds. The van der Waals surface area contributed by atoms with Crippen LogP contribution in [-0.4, -0.2) is 33.2 Å². The minimum Gasteiger partial charge on any atom is -0.478 e. The first-order chi connectivity index (χ1) is 14.8. The van der Waals surface area contributed by atoms with Crippen LogP contribution in [0.3, 0.4) is 0 Å². The molecule has 31 heavy (non-hydrogen) atoms. The van der Waals surface area contributed by atoms with Crippen LogP contribution in [0.2, 0.25) is 0 Å². The van der Waals surface area contributed by atoms with Crippen molar-refractivity contribution in [3.8, 4) is 0 Å². The van der Waals surface area contributed by atoms with Crippen LogP contribution in [0.5, 0.6) is 0 Å². The van der Waals surface area contributed by atoms with E-state index in [0.717, 1.165) is 64.2 Å². The fraction of sp³-hybridized carbons (Fsp3) is 0.640. The minimum absolute atomic E-state index is 0.00971. The van der Waals surface area contributed by atoms with Crippen molar-refractivity contribution in [3.05, 3.63) is 33.9 Å². The van der Waals surface area contributed by atoms with E-state index >= 15 is 0 Å². The summed E-state index contributed by atoms with van der Waals surface area (Å²) in [6.45, 7) is 4.27. The van der Waals surface area contributed by atoms with Gasteiger partial charge in [-0.2, -0.15) is 0 Å². The molecule has 0 radical (unpaired) electrons. The highest BCUT2D eigenvalue weighted by Crippen LogP contribution is 2.28. The number of rotatable bonds is 17. The van der Waals surface area contributed by atoms with Gasteiger partial charge >= 0.3 is 17.9 Å². The molecule has 6 nitrogen and oxygen atoms in total. The normalized spacial score (nSPS) is 10.9. The maximum absolute atomic E-state index is 12.1. The van der Waals surface area contributed by atoms with E-state index in [-0.39, 0.29) is 28.7 Å². The topological polar surface area (TPSA) is 112 Å². The van der Waals surface area contributed by atoms with Gasteiger partial charge in [-0.25, -0.2) is 14.4 Å². The number of hydrogen-bond donors (Lipinski definition) is 3. The lowest BCUT2D eigenvalue weighted by molar-refractivity contribution is 0.0647. The molecule has 0 atom stereocenters. The van der Waals surface area contributed by atoms with Crippen LogP contribution >= 0.6 is 0 Å². The Morgan fingerprint density at radius 1 is 0.613 bits per heavy atom. The standard InChI is InChI=1S/C25H38O6/c1-3-5-7-9-11-13-15-18-17-20(23(26)27)22(25(30)31)19(21(18)24(28)29)16-14-12-10-8-6-4-2/h17H,3-16H2,1-2H3,(H,26,27)(H,28,29)(H,30,31). The predicted octanol–water partition coefficient (Wildman–Crippen LogP) is 6.59. The first-order valence-electron chi connectivity index (χ1n) is 11.7. The average Bonchev–Trinajstić information content (AvgIpc) is 2.71. The molecule has 0 saturated carbocycles. The third kappa shape index (κ3) is 8.72. The number of unbranched alkanes of at least 4 members (excludes halogenated alkanes) is 10. The molecule has 174 valence electrons. The van der Waals surface area contributed by atoms with E-state index < -0.39 is 17.9 Å². The van der Waals surface area contributed by atoms with Crippen LogP contribution < -0.4 is 0 Å². The molecule has 0 aliphatic heterocycles. The lowest BCUT2D eigenvalue weighted by Crippen LogP contribution is -2.18. The molecule has 0 aliphatic rings. The quantitative estimate of drug-likeness (QED) is 0.239. The zero-order valence-corrected chi connectivity index (χ0v) is 19.0.